The lowest BCUT2D eigenvalue weighted by Gasteiger charge is -2.15. The van der Waals surface area contributed by atoms with Gasteiger partial charge in [-0.15, -0.1) is 0 Å². The van der Waals surface area contributed by atoms with Gasteiger partial charge < -0.3 is 9.32 Å². The van der Waals surface area contributed by atoms with Crippen molar-refractivity contribution in [3.63, 3.8) is 0 Å². The summed E-state index contributed by atoms with van der Waals surface area (Å²) >= 11 is 0. The Hall–Kier alpha value is -2.10. The Bertz CT molecular complexity index is 562. The maximum Gasteiger partial charge on any atom is 0.254 e. The van der Waals surface area contributed by atoms with Gasteiger partial charge in [-0.2, -0.15) is 0 Å². The van der Waals surface area contributed by atoms with Gasteiger partial charge in [0, 0.05) is 12.6 Å². The van der Waals surface area contributed by atoms with E-state index >= 15 is 0 Å². The molecule has 1 aromatic carbocycles. The maximum absolute atomic E-state index is 13.0. The van der Waals surface area contributed by atoms with Crippen LogP contribution in [0.15, 0.2) is 40.8 Å². The van der Waals surface area contributed by atoms with E-state index < -0.39 is 5.82 Å². The largest absolute Gasteiger partial charge is 0.464 e. The second-order valence-corrected chi connectivity index (χ2v) is 4.18. The van der Waals surface area contributed by atoms with Crippen LogP contribution in [0.2, 0.25) is 0 Å². The zero-order valence-corrected chi connectivity index (χ0v) is 10.3. The highest BCUT2D eigenvalue weighted by Crippen LogP contribution is 2.12. The second-order valence-electron chi connectivity index (χ2n) is 4.18. The van der Waals surface area contributed by atoms with Gasteiger partial charge in [0.2, 0.25) is 0 Å². The fraction of sp³-hybridized carbons (Fsp3) is 0.214. The second kappa shape index (κ2) is 5.04. The maximum atomic E-state index is 13.0. The first kappa shape index (κ1) is 12.4. The third kappa shape index (κ3) is 2.77. The van der Waals surface area contributed by atoms with E-state index in [9.17, 15) is 9.18 Å². The number of nitrogens with zero attached hydrogens (tertiary/aromatic N) is 1. The summed E-state index contributed by atoms with van der Waals surface area (Å²) in [5.41, 5.74) is 0.334. The summed E-state index contributed by atoms with van der Waals surface area (Å²) in [6.07, 6.45) is 0. The molecule has 2 aromatic rings. The lowest BCUT2D eigenvalue weighted by Crippen LogP contribution is -2.26. The van der Waals surface area contributed by atoms with Crippen molar-refractivity contribution in [1.29, 1.82) is 0 Å². The van der Waals surface area contributed by atoms with Crippen LogP contribution in [0.25, 0.3) is 0 Å². The van der Waals surface area contributed by atoms with Crippen LogP contribution in [0.1, 0.15) is 21.9 Å². The molecule has 94 valence electrons. The number of rotatable bonds is 3. The molecule has 0 spiro atoms. The first-order chi connectivity index (χ1) is 8.56. The summed E-state index contributed by atoms with van der Waals surface area (Å²) in [4.78, 5) is 13.5. The summed E-state index contributed by atoms with van der Waals surface area (Å²) in [6.45, 7) is 2.21. The first-order valence-corrected chi connectivity index (χ1v) is 5.62. The SMILES string of the molecule is Cc1ccc(CN(C)C(=O)c2cccc(F)c2)o1. The normalized spacial score (nSPS) is 10.4. The molecule has 4 heteroatoms. The predicted molar refractivity (Wildman–Crippen MR) is 65.6 cm³/mol. The van der Waals surface area contributed by atoms with E-state index in [4.69, 9.17) is 4.42 Å². The lowest BCUT2D eigenvalue weighted by molar-refractivity contribution is 0.0774. The van der Waals surface area contributed by atoms with Gasteiger partial charge >= 0.3 is 0 Å². The molecule has 18 heavy (non-hydrogen) atoms. The van der Waals surface area contributed by atoms with E-state index in [-0.39, 0.29) is 5.91 Å². The van der Waals surface area contributed by atoms with Gasteiger partial charge in [-0.25, -0.2) is 4.39 Å². The standard InChI is InChI=1S/C14H14FNO2/c1-10-6-7-13(18-10)9-16(2)14(17)11-4-3-5-12(15)8-11/h3-8H,9H2,1-2H3. The molecule has 0 aliphatic heterocycles. The van der Waals surface area contributed by atoms with Crippen LogP contribution in [0.5, 0.6) is 0 Å². The molecule has 0 unspecified atom stereocenters. The fourth-order valence-electron chi connectivity index (χ4n) is 1.72. The molecule has 0 saturated carbocycles. The van der Waals surface area contributed by atoms with Gasteiger partial charge in [0.25, 0.3) is 5.91 Å². The van der Waals surface area contributed by atoms with E-state index in [1.54, 1.807) is 13.1 Å². The van der Waals surface area contributed by atoms with E-state index in [2.05, 4.69) is 0 Å². The Balaban J connectivity index is 2.09. The number of furan rings is 1. The predicted octanol–water partition coefficient (Wildman–Crippen LogP) is 3.00. The van der Waals surface area contributed by atoms with Crippen LogP contribution < -0.4 is 0 Å². The average molecular weight is 247 g/mol. The van der Waals surface area contributed by atoms with Crippen molar-refractivity contribution < 1.29 is 13.6 Å². The van der Waals surface area contributed by atoms with Gasteiger partial charge in [0.05, 0.1) is 6.54 Å². The van der Waals surface area contributed by atoms with Crippen LogP contribution in [0.4, 0.5) is 4.39 Å². The summed E-state index contributed by atoms with van der Waals surface area (Å²) in [5.74, 6) is 0.864. The van der Waals surface area contributed by atoms with Gasteiger partial charge in [-0.1, -0.05) is 6.07 Å². The molecule has 1 amide bonds. The van der Waals surface area contributed by atoms with Crippen molar-refractivity contribution in [2.24, 2.45) is 0 Å². The average Bonchev–Trinajstić information content (AvgIpc) is 2.73. The zero-order valence-electron chi connectivity index (χ0n) is 10.3. The van der Waals surface area contributed by atoms with E-state index in [1.165, 1.54) is 23.1 Å². The molecule has 0 radical (unpaired) electrons. The molecule has 0 N–H and O–H groups in total. The van der Waals surface area contributed by atoms with Gasteiger partial charge in [-0.05, 0) is 37.3 Å². The molecular weight excluding hydrogens is 233 g/mol. The molecule has 0 aliphatic carbocycles. The topological polar surface area (TPSA) is 33.5 Å². The molecular formula is C14H14FNO2. The summed E-state index contributed by atoms with van der Waals surface area (Å²) in [6, 6.07) is 9.32. The molecule has 0 atom stereocenters. The third-order valence-electron chi connectivity index (χ3n) is 2.61. The number of carbonyl (C=O) groups is 1. The quantitative estimate of drug-likeness (QED) is 0.835. The van der Waals surface area contributed by atoms with E-state index in [0.717, 1.165) is 5.76 Å². The van der Waals surface area contributed by atoms with Crippen LogP contribution >= 0.6 is 0 Å². The van der Waals surface area contributed by atoms with Crippen LogP contribution in [0.3, 0.4) is 0 Å². The van der Waals surface area contributed by atoms with Crippen molar-refractivity contribution >= 4 is 5.91 Å². The number of aryl methyl sites for hydroxylation is 1. The van der Waals surface area contributed by atoms with E-state index in [1.807, 2.05) is 19.1 Å². The van der Waals surface area contributed by atoms with Crippen LogP contribution in [-0.4, -0.2) is 17.9 Å². The molecule has 1 heterocycles. The fourth-order valence-corrected chi connectivity index (χ4v) is 1.72. The highest BCUT2D eigenvalue weighted by Gasteiger charge is 2.13. The van der Waals surface area contributed by atoms with Crippen molar-refractivity contribution in [1.82, 2.24) is 4.90 Å². The number of hydrogen-bond acceptors (Lipinski definition) is 2. The summed E-state index contributed by atoms with van der Waals surface area (Å²) in [5, 5.41) is 0. The number of benzene rings is 1. The Morgan fingerprint density at radius 2 is 2.11 bits per heavy atom. The monoisotopic (exact) mass is 247 g/mol. The molecule has 0 fully saturated rings. The molecule has 3 nitrogen and oxygen atoms in total. The minimum Gasteiger partial charge on any atom is -0.464 e. The van der Waals surface area contributed by atoms with Crippen molar-refractivity contribution in [2.45, 2.75) is 13.5 Å². The van der Waals surface area contributed by atoms with Crippen molar-refractivity contribution in [2.75, 3.05) is 7.05 Å². The van der Waals surface area contributed by atoms with Gasteiger partial charge in [0.1, 0.15) is 17.3 Å². The number of hydrogen-bond donors (Lipinski definition) is 0. The van der Waals surface area contributed by atoms with Gasteiger partial charge in [-0.3, -0.25) is 4.79 Å². The molecule has 0 saturated heterocycles. The highest BCUT2D eigenvalue weighted by molar-refractivity contribution is 5.93. The number of carbonyl (C=O) groups excluding carboxylic acids is 1. The Morgan fingerprint density at radius 1 is 1.33 bits per heavy atom. The van der Waals surface area contributed by atoms with Crippen LogP contribution in [0, 0.1) is 12.7 Å². The van der Waals surface area contributed by atoms with Crippen molar-refractivity contribution in [3.05, 3.63) is 59.3 Å². The Morgan fingerprint density at radius 3 is 2.72 bits per heavy atom. The highest BCUT2D eigenvalue weighted by atomic mass is 19.1. The summed E-state index contributed by atoms with van der Waals surface area (Å²) < 4.78 is 18.4. The molecule has 2 rings (SSSR count). The summed E-state index contributed by atoms with van der Waals surface area (Å²) in [7, 11) is 1.66. The van der Waals surface area contributed by atoms with Gasteiger partial charge in [0.15, 0.2) is 0 Å². The zero-order chi connectivity index (χ0) is 13.1. The van der Waals surface area contributed by atoms with Crippen LogP contribution in [-0.2, 0) is 6.54 Å². The Kier molecular flexibility index (Phi) is 3.46. The first-order valence-electron chi connectivity index (χ1n) is 5.62. The number of halogens is 1. The minimum absolute atomic E-state index is 0.233. The lowest BCUT2D eigenvalue weighted by atomic mass is 10.2. The molecule has 1 aromatic heterocycles. The number of amides is 1. The smallest absolute Gasteiger partial charge is 0.254 e. The van der Waals surface area contributed by atoms with Crippen molar-refractivity contribution in [3.8, 4) is 0 Å². The molecule has 0 bridgehead atoms. The molecule has 0 aliphatic rings. The minimum atomic E-state index is -0.414. The third-order valence-corrected chi connectivity index (χ3v) is 2.61. The van der Waals surface area contributed by atoms with E-state index in [0.29, 0.717) is 17.9 Å². The Labute approximate surface area is 105 Å².